The third-order valence-electron chi connectivity index (χ3n) is 5.84. The largest absolute Gasteiger partial charge is 0.485 e. The number of benzene rings is 3. The van der Waals surface area contributed by atoms with Gasteiger partial charge in [0.05, 0.1) is 11.8 Å². The quantitative estimate of drug-likeness (QED) is 0.276. The number of nitrogens with one attached hydrogen (secondary N) is 1. The molecule has 0 radical (unpaired) electrons. The summed E-state index contributed by atoms with van der Waals surface area (Å²) in [4.78, 5) is 12.7. The highest BCUT2D eigenvalue weighted by molar-refractivity contribution is 7.99. The molecule has 1 N–H and O–H groups in total. The molecule has 7 nitrogen and oxygen atoms in total. The van der Waals surface area contributed by atoms with Crippen molar-refractivity contribution in [1.82, 2.24) is 20.1 Å². The average Bonchev–Trinajstić information content (AvgIpc) is 3.29. The van der Waals surface area contributed by atoms with Gasteiger partial charge in [0.15, 0.2) is 28.6 Å². The van der Waals surface area contributed by atoms with Gasteiger partial charge in [-0.1, -0.05) is 66.4 Å². The molecule has 0 saturated heterocycles. The van der Waals surface area contributed by atoms with E-state index < -0.39 is 6.10 Å². The van der Waals surface area contributed by atoms with E-state index in [0.29, 0.717) is 35.6 Å². The lowest BCUT2D eigenvalue weighted by Gasteiger charge is -2.26. The fourth-order valence-corrected chi connectivity index (χ4v) is 4.83. The molecule has 5 rings (SSSR count). The summed E-state index contributed by atoms with van der Waals surface area (Å²) in [6, 6.07) is 21.9. The number of hydrogen-bond acceptors (Lipinski definition) is 6. The molecule has 1 aliphatic heterocycles. The number of amides is 1. The summed E-state index contributed by atoms with van der Waals surface area (Å²) in [5, 5.41) is 14.7. The van der Waals surface area contributed by atoms with E-state index in [1.54, 1.807) is 6.08 Å². The molecule has 8 heteroatoms. The highest BCUT2D eigenvalue weighted by atomic mass is 32.2. The van der Waals surface area contributed by atoms with Gasteiger partial charge >= 0.3 is 0 Å². The smallest absolute Gasteiger partial charge is 0.230 e. The number of fused-ring (bicyclic) bond motifs is 2. The van der Waals surface area contributed by atoms with Gasteiger partial charge in [0.1, 0.15) is 6.61 Å². The van der Waals surface area contributed by atoms with Crippen LogP contribution in [0.1, 0.15) is 30.5 Å². The number of ether oxygens (including phenoxy) is 2. The number of nitrogens with zero attached hydrogens (tertiary/aromatic N) is 3. The Kier molecular flexibility index (Phi) is 6.72. The average molecular weight is 487 g/mol. The molecule has 2 heterocycles. The van der Waals surface area contributed by atoms with Crippen LogP contribution in [0.15, 0.2) is 84.5 Å². The maximum atomic E-state index is 12.7. The lowest BCUT2D eigenvalue weighted by molar-refractivity contribution is -0.119. The number of carbonyl (C=O) groups is 1. The van der Waals surface area contributed by atoms with Crippen molar-refractivity contribution in [1.29, 1.82) is 0 Å². The topological polar surface area (TPSA) is 78.3 Å². The van der Waals surface area contributed by atoms with Crippen LogP contribution in [0.25, 0.3) is 10.8 Å². The summed E-state index contributed by atoms with van der Waals surface area (Å²) in [6.45, 7) is 6.68. The minimum absolute atomic E-state index is 0.0726. The molecule has 35 heavy (non-hydrogen) atoms. The van der Waals surface area contributed by atoms with E-state index in [1.165, 1.54) is 17.1 Å². The second-order valence-corrected chi connectivity index (χ2v) is 9.23. The zero-order valence-corrected chi connectivity index (χ0v) is 20.2. The van der Waals surface area contributed by atoms with Crippen molar-refractivity contribution in [3.63, 3.8) is 0 Å². The molecule has 3 aromatic carbocycles. The molecule has 0 bridgehead atoms. The van der Waals surface area contributed by atoms with Crippen LogP contribution >= 0.6 is 11.8 Å². The van der Waals surface area contributed by atoms with Crippen LogP contribution in [0.2, 0.25) is 0 Å². The highest BCUT2D eigenvalue weighted by Gasteiger charge is 2.28. The predicted molar refractivity (Wildman–Crippen MR) is 137 cm³/mol. The van der Waals surface area contributed by atoms with Crippen LogP contribution in [-0.4, -0.2) is 33.0 Å². The summed E-state index contributed by atoms with van der Waals surface area (Å²) < 4.78 is 13.9. The number of aromatic nitrogens is 3. The number of allylic oxidation sites excluding steroid dienone is 1. The van der Waals surface area contributed by atoms with Crippen molar-refractivity contribution >= 4 is 28.4 Å². The Hall–Kier alpha value is -3.78. The van der Waals surface area contributed by atoms with E-state index >= 15 is 0 Å². The normalized spacial score (nSPS) is 15.5. The SMILES string of the molecule is C=CCn1c(SCC(=O)N[C@H](C)c2ccc3ccccc3c2)nnc1[C@H]1COc2ccccc2O1. The standard InChI is InChI=1S/C27H26N4O3S/c1-3-14-31-26(24-16-33-22-10-6-7-11-23(22)34-24)29-30-27(31)35-17-25(32)28-18(2)20-13-12-19-8-4-5-9-21(19)15-20/h3-13,15,18,24H,1,14,16-17H2,2H3,(H,28,32)/t18-,24-/m1/s1. The van der Waals surface area contributed by atoms with Crippen molar-refractivity contribution in [3.8, 4) is 11.5 Å². The van der Waals surface area contributed by atoms with Crippen LogP contribution in [0, 0.1) is 0 Å². The Morgan fingerprint density at radius 3 is 2.74 bits per heavy atom. The summed E-state index contributed by atoms with van der Waals surface area (Å²) >= 11 is 1.34. The molecule has 2 atom stereocenters. The van der Waals surface area contributed by atoms with Gasteiger partial charge in [0.2, 0.25) is 5.91 Å². The first-order valence-electron chi connectivity index (χ1n) is 11.5. The van der Waals surface area contributed by atoms with E-state index in [0.717, 1.165) is 10.9 Å². The van der Waals surface area contributed by atoms with Crippen molar-refractivity contribution in [2.75, 3.05) is 12.4 Å². The Balaban J connectivity index is 1.24. The third kappa shape index (κ3) is 5.02. The van der Waals surface area contributed by atoms with Crippen LogP contribution in [0.3, 0.4) is 0 Å². The summed E-state index contributed by atoms with van der Waals surface area (Å²) in [5.41, 5.74) is 1.06. The van der Waals surface area contributed by atoms with Crippen LogP contribution in [0.4, 0.5) is 0 Å². The fourth-order valence-electron chi connectivity index (χ4n) is 4.07. The lowest BCUT2D eigenvalue weighted by atomic mass is 10.0. The molecule has 1 amide bonds. The van der Waals surface area contributed by atoms with E-state index in [2.05, 4.69) is 52.4 Å². The first kappa shape index (κ1) is 23.0. The monoisotopic (exact) mass is 486 g/mol. The minimum Gasteiger partial charge on any atom is -0.485 e. The highest BCUT2D eigenvalue weighted by Crippen LogP contribution is 2.36. The maximum Gasteiger partial charge on any atom is 0.230 e. The van der Waals surface area contributed by atoms with E-state index in [9.17, 15) is 4.79 Å². The molecule has 0 spiro atoms. The molecule has 1 aliphatic rings. The molecular formula is C27H26N4O3S. The summed E-state index contributed by atoms with van der Waals surface area (Å²) in [5.74, 6) is 2.18. The van der Waals surface area contributed by atoms with Gasteiger partial charge in [-0.05, 0) is 41.5 Å². The summed E-state index contributed by atoms with van der Waals surface area (Å²) in [7, 11) is 0. The number of thioether (sulfide) groups is 1. The van der Waals surface area contributed by atoms with Gasteiger partial charge in [-0.25, -0.2) is 0 Å². The Labute approximate surface area is 208 Å². The first-order valence-corrected chi connectivity index (χ1v) is 12.4. The molecular weight excluding hydrogens is 460 g/mol. The minimum atomic E-state index is -0.395. The molecule has 0 fully saturated rings. The molecule has 1 aromatic heterocycles. The van der Waals surface area contributed by atoms with Gasteiger partial charge < -0.3 is 14.8 Å². The van der Waals surface area contributed by atoms with Crippen LogP contribution < -0.4 is 14.8 Å². The van der Waals surface area contributed by atoms with Crippen molar-refractivity contribution in [2.24, 2.45) is 0 Å². The molecule has 0 unspecified atom stereocenters. The first-order chi connectivity index (χ1) is 17.1. The summed E-state index contributed by atoms with van der Waals surface area (Å²) in [6.07, 6.45) is 1.38. The Morgan fingerprint density at radius 1 is 1.14 bits per heavy atom. The molecule has 0 saturated carbocycles. The van der Waals surface area contributed by atoms with Crippen molar-refractivity contribution in [2.45, 2.75) is 30.8 Å². The predicted octanol–water partition coefficient (Wildman–Crippen LogP) is 5.10. The molecule has 178 valence electrons. The molecule has 0 aliphatic carbocycles. The van der Waals surface area contributed by atoms with Gasteiger partial charge in [0.25, 0.3) is 0 Å². The van der Waals surface area contributed by atoms with Crippen molar-refractivity contribution in [3.05, 3.63) is 90.8 Å². The fraction of sp³-hybridized carbons (Fsp3) is 0.222. The van der Waals surface area contributed by atoms with Gasteiger partial charge in [-0.2, -0.15) is 0 Å². The van der Waals surface area contributed by atoms with E-state index in [4.69, 9.17) is 9.47 Å². The van der Waals surface area contributed by atoms with Crippen molar-refractivity contribution < 1.29 is 14.3 Å². The lowest BCUT2D eigenvalue weighted by Crippen LogP contribution is -2.28. The maximum absolute atomic E-state index is 12.7. The van der Waals surface area contributed by atoms with Crippen LogP contribution in [-0.2, 0) is 11.3 Å². The van der Waals surface area contributed by atoms with E-state index in [1.807, 2.05) is 47.9 Å². The zero-order valence-electron chi connectivity index (χ0n) is 19.4. The third-order valence-corrected chi connectivity index (χ3v) is 6.80. The van der Waals surface area contributed by atoms with E-state index in [-0.39, 0.29) is 17.7 Å². The second-order valence-electron chi connectivity index (χ2n) is 8.29. The van der Waals surface area contributed by atoms with Gasteiger partial charge in [-0.15, -0.1) is 16.8 Å². The van der Waals surface area contributed by atoms with Gasteiger partial charge in [0, 0.05) is 6.54 Å². The Bertz CT molecular complexity index is 1370. The van der Waals surface area contributed by atoms with Gasteiger partial charge in [-0.3, -0.25) is 9.36 Å². The Morgan fingerprint density at radius 2 is 1.91 bits per heavy atom. The second kappa shape index (κ2) is 10.2. The number of para-hydroxylation sites is 2. The van der Waals surface area contributed by atoms with Crippen LogP contribution in [0.5, 0.6) is 11.5 Å². The number of rotatable bonds is 8. The number of carbonyl (C=O) groups excluding carboxylic acids is 1. The number of hydrogen-bond donors (Lipinski definition) is 1. The molecule has 4 aromatic rings. The zero-order chi connectivity index (χ0) is 24.2.